The number of aromatic nitrogens is 1. The van der Waals surface area contributed by atoms with E-state index in [0.717, 1.165) is 57.1 Å². The summed E-state index contributed by atoms with van der Waals surface area (Å²) in [7, 11) is 0. The number of alkyl halides is 1. The van der Waals surface area contributed by atoms with Crippen LogP contribution in [-0.2, 0) is 17.0 Å². The Labute approximate surface area is 108 Å². The molecule has 1 aromatic rings. The molecule has 2 heterocycles. The summed E-state index contributed by atoms with van der Waals surface area (Å²) in [6, 6.07) is 6.09. The lowest BCUT2D eigenvalue weighted by Gasteiger charge is -2.26. The lowest BCUT2D eigenvalue weighted by molar-refractivity contribution is 0.0374. The summed E-state index contributed by atoms with van der Waals surface area (Å²) in [4.78, 5) is 6.95. The molecule has 0 atom stereocenters. The van der Waals surface area contributed by atoms with Gasteiger partial charge in [-0.1, -0.05) is 6.07 Å². The average Bonchev–Trinajstić information content (AvgIpc) is 2.40. The maximum atomic E-state index is 5.77. The van der Waals surface area contributed by atoms with Crippen molar-refractivity contribution in [2.45, 2.75) is 18.7 Å². The standard InChI is InChI=1S/C13H19ClN2O/c14-11-13-4-1-3-12(15-13)5-2-6-16-7-9-17-10-8-16/h1,3-4H,2,5-11H2. The van der Waals surface area contributed by atoms with E-state index in [-0.39, 0.29) is 0 Å². The summed E-state index contributed by atoms with van der Waals surface area (Å²) in [6.07, 6.45) is 2.18. The summed E-state index contributed by atoms with van der Waals surface area (Å²) in [5, 5.41) is 0. The van der Waals surface area contributed by atoms with Gasteiger partial charge in [0.15, 0.2) is 0 Å². The van der Waals surface area contributed by atoms with E-state index >= 15 is 0 Å². The van der Waals surface area contributed by atoms with Crippen LogP contribution in [0, 0.1) is 0 Å². The molecule has 0 amide bonds. The Morgan fingerprint density at radius 3 is 2.76 bits per heavy atom. The zero-order chi connectivity index (χ0) is 11.9. The van der Waals surface area contributed by atoms with E-state index in [1.165, 1.54) is 0 Å². The molecule has 4 heteroatoms. The van der Waals surface area contributed by atoms with E-state index < -0.39 is 0 Å². The van der Waals surface area contributed by atoms with Gasteiger partial charge in [-0.25, -0.2) is 0 Å². The third kappa shape index (κ3) is 4.26. The minimum atomic E-state index is 0.497. The second-order valence-electron chi connectivity index (χ2n) is 4.31. The highest BCUT2D eigenvalue weighted by molar-refractivity contribution is 6.16. The normalized spacial score (nSPS) is 17.2. The second kappa shape index (κ2) is 6.94. The van der Waals surface area contributed by atoms with Gasteiger partial charge in [0.05, 0.1) is 24.8 Å². The lowest BCUT2D eigenvalue weighted by Crippen LogP contribution is -2.36. The van der Waals surface area contributed by atoms with Crippen molar-refractivity contribution < 1.29 is 4.74 Å². The Morgan fingerprint density at radius 1 is 1.24 bits per heavy atom. The largest absolute Gasteiger partial charge is 0.379 e. The van der Waals surface area contributed by atoms with E-state index in [0.29, 0.717) is 5.88 Å². The molecule has 1 aromatic heterocycles. The zero-order valence-electron chi connectivity index (χ0n) is 10.1. The molecular formula is C13H19ClN2O. The predicted octanol–water partition coefficient (Wildman–Crippen LogP) is 2.09. The molecular weight excluding hydrogens is 236 g/mol. The van der Waals surface area contributed by atoms with Crippen molar-refractivity contribution in [2.75, 3.05) is 32.8 Å². The molecule has 0 saturated carbocycles. The third-order valence-corrected chi connectivity index (χ3v) is 3.29. The van der Waals surface area contributed by atoms with Crippen LogP contribution in [0.15, 0.2) is 18.2 Å². The highest BCUT2D eigenvalue weighted by Gasteiger charge is 2.09. The van der Waals surface area contributed by atoms with Gasteiger partial charge in [0, 0.05) is 18.8 Å². The van der Waals surface area contributed by atoms with E-state index in [2.05, 4.69) is 16.0 Å². The Balaban J connectivity index is 1.73. The van der Waals surface area contributed by atoms with Crippen molar-refractivity contribution in [3.05, 3.63) is 29.6 Å². The Bertz CT molecular complexity index is 340. The van der Waals surface area contributed by atoms with Crippen molar-refractivity contribution >= 4 is 11.6 Å². The number of rotatable bonds is 5. The number of hydrogen-bond donors (Lipinski definition) is 0. The quantitative estimate of drug-likeness (QED) is 0.753. The van der Waals surface area contributed by atoms with Gasteiger partial charge in [0.2, 0.25) is 0 Å². The van der Waals surface area contributed by atoms with Gasteiger partial charge >= 0.3 is 0 Å². The van der Waals surface area contributed by atoms with Crippen molar-refractivity contribution in [1.29, 1.82) is 0 Å². The molecule has 2 rings (SSSR count). The zero-order valence-corrected chi connectivity index (χ0v) is 10.8. The van der Waals surface area contributed by atoms with E-state index in [1.54, 1.807) is 0 Å². The number of halogens is 1. The second-order valence-corrected chi connectivity index (χ2v) is 4.58. The minimum absolute atomic E-state index is 0.497. The van der Waals surface area contributed by atoms with E-state index in [9.17, 15) is 0 Å². The number of nitrogens with zero attached hydrogens (tertiary/aromatic N) is 2. The first-order chi connectivity index (χ1) is 8.38. The Kier molecular flexibility index (Phi) is 5.23. The molecule has 0 aliphatic carbocycles. The van der Waals surface area contributed by atoms with E-state index in [4.69, 9.17) is 16.3 Å². The highest BCUT2D eigenvalue weighted by Crippen LogP contribution is 2.06. The maximum Gasteiger partial charge on any atom is 0.0647 e. The van der Waals surface area contributed by atoms with Crippen LogP contribution in [0.25, 0.3) is 0 Å². The Hall–Kier alpha value is -0.640. The smallest absolute Gasteiger partial charge is 0.0647 e. The van der Waals surface area contributed by atoms with Crippen LogP contribution in [0.3, 0.4) is 0 Å². The molecule has 1 aliphatic heterocycles. The molecule has 1 fully saturated rings. The van der Waals surface area contributed by atoms with Crippen molar-refractivity contribution in [1.82, 2.24) is 9.88 Å². The van der Waals surface area contributed by atoms with Gasteiger partial charge in [0.1, 0.15) is 0 Å². The maximum absolute atomic E-state index is 5.77. The fourth-order valence-corrected chi connectivity index (χ4v) is 2.20. The first-order valence-corrected chi connectivity index (χ1v) is 6.73. The van der Waals surface area contributed by atoms with Gasteiger partial charge in [-0.15, -0.1) is 11.6 Å². The molecule has 3 nitrogen and oxygen atoms in total. The van der Waals surface area contributed by atoms with E-state index in [1.807, 2.05) is 12.1 Å². The van der Waals surface area contributed by atoms with Crippen molar-refractivity contribution in [3.63, 3.8) is 0 Å². The fourth-order valence-electron chi connectivity index (χ4n) is 2.05. The average molecular weight is 255 g/mol. The van der Waals surface area contributed by atoms with Crippen LogP contribution in [-0.4, -0.2) is 42.7 Å². The Morgan fingerprint density at radius 2 is 2.00 bits per heavy atom. The molecule has 0 N–H and O–H groups in total. The number of hydrogen-bond acceptors (Lipinski definition) is 3. The van der Waals surface area contributed by atoms with Crippen molar-refractivity contribution in [2.24, 2.45) is 0 Å². The molecule has 94 valence electrons. The highest BCUT2D eigenvalue weighted by atomic mass is 35.5. The summed E-state index contributed by atoms with van der Waals surface area (Å²) >= 11 is 5.77. The summed E-state index contributed by atoms with van der Waals surface area (Å²) < 4.78 is 5.33. The van der Waals surface area contributed by atoms with Gasteiger partial charge in [-0.2, -0.15) is 0 Å². The van der Waals surface area contributed by atoms with Gasteiger partial charge < -0.3 is 4.74 Å². The van der Waals surface area contributed by atoms with Crippen LogP contribution >= 0.6 is 11.6 Å². The SMILES string of the molecule is ClCc1cccc(CCCN2CCOCC2)n1. The summed E-state index contributed by atoms with van der Waals surface area (Å²) in [6.45, 7) is 5.01. The first-order valence-electron chi connectivity index (χ1n) is 6.19. The molecule has 1 aliphatic rings. The lowest BCUT2D eigenvalue weighted by atomic mass is 10.2. The molecule has 0 aromatic carbocycles. The number of ether oxygens (including phenoxy) is 1. The van der Waals surface area contributed by atoms with Crippen molar-refractivity contribution in [3.8, 4) is 0 Å². The number of aryl methyl sites for hydroxylation is 1. The van der Waals surface area contributed by atoms with Gasteiger partial charge in [0.25, 0.3) is 0 Å². The van der Waals surface area contributed by atoms with Crippen LogP contribution in [0.1, 0.15) is 17.8 Å². The fraction of sp³-hybridized carbons (Fsp3) is 0.615. The first kappa shape index (κ1) is 12.8. The van der Waals surface area contributed by atoms with Gasteiger partial charge in [-0.05, 0) is 31.5 Å². The van der Waals surface area contributed by atoms with Crippen LogP contribution in [0.4, 0.5) is 0 Å². The topological polar surface area (TPSA) is 25.4 Å². The molecule has 0 spiro atoms. The van der Waals surface area contributed by atoms with Gasteiger partial charge in [-0.3, -0.25) is 9.88 Å². The predicted molar refractivity (Wildman–Crippen MR) is 69.4 cm³/mol. The minimum Gasteiger partial charge on any atom is -0.379 e. The van der Waals surface area contributed by atoms with Crippen LogP contribution in [0.5, 0.6) is 0 Å². The number of pyridine rings is 1. The number of morpholine rings is 1. The molecule has 0 unspecified atom stereocenters. The molecule has 17 heavy (non-hydrogen) atoms. The summed E-state index contributed by atoms with van der Waals surface area (Å²) in [5.41, 5.74) is 2.12. The third-order valence-electron chi connectivity index (χ3n) is 3.01. The summed E-state index contributed by atoms with van der Waals surface area (Å²) in [5.74, 6) is 0.497. The van der Waals surface area contributed by atoms with Crippen LogP contribution < -0.4 is 0 Å². The van der Waals surface area contributed by atoms with Crippen LogP contribution in [0.2, 0.25) is 0 Å². The monoisotopic (exact) mass is 254 g/mol. The molecule has 0 radical (unpaired) electrons. The molecule has 1 saturated heterocycles. The molecule has 0 bridgehead atoms.